The van der Waals surface area contributed by atoms with Crippen molar-refractivity contribution in [3.8, 4) is 0 Å². The Hall–Kier alpha value is 0.400. The van der Waals surface area contributed by atoms with Gasteiger partial charge in [0, 0.05) is 6.04 Å². The largest absolute Gasteiger partial charge is 0.391 e. The predicted molar refractivity (Wildman–Crippen MR) is 79.9 cm³/mol. The third kappa shape index (κ3) is 5.71. The Kier molecular flexibility index (Phi) is 9.57. The molecule has 3 unspecified atom stereocenters. The van der Waals surface area contributed by atoms with Crippen LogP contribution in [0.4, 0.5) is 0 Å². The molecule has 1 aliphatic rings. The molecule has 0 heterocycles. The van der Waals surface area contributed by atoms with Gasteiger partial charge in [-0.25, -0.2) is 0 Å². The molecule has 0 bridgehead atoms. The van der Waals surface area contributed by atoms with Crippen LogP contribution in [0.25, 0.3) is 0 Å². The minimum absolute atomic E-state index is 0. The zero-order chi connectivity index (χ0) is 12.0. The molecule has 104 valence electrons. The summed E-state index contributed by atoms with van der Waals surface area (Å²) < 4.78 is 0. The molecule has 1 saturated carbocycles. The molecule has 0 saturated heterocycles. The van der Waals surface area contributed by atoms with Crippen molar-refractivity contribution < 1.29 is 5.11 Å². The van der Waals surface area contributed by atoms with Gasteiger partial charge in [0.15, 0.2) is 0 Å². The zero-order valence-corrected chi connectivity index (χ0v) is 13.4. The van der Waals surface area contributed by atoms with E-state index in [4.69, 9.17) is 0 Å². The lowest BCUT2D eigenvalue weighted by atomic mass is 9.79. The van der Waals surface area contributed by atoms with Gasteiger partial charge in [-0.1, -0.05) is 39.0 Å². The molecule has 2 nitrogen and oxygen atoms in total. The highest BCUT2D eigenvalue weighted by Crippen LogP contribution is 2.30. The number of aliphatic hydroxyl groups excluding tert-OH is 1. The predicted octanol–water partition coefficient (Wildman–Crippen LogP) is 3.63. The molecule has 0 aromatic heterocycles. The number of hydrogen-bond acceptors (Lipinski definition) is 2. The second-order valence-corrected chi connectivity index (χ2v) is 5.56. The number of halogens is 1. The number of aliphatic hydroxyl groups is 1. The second kappa shape index (κ2) is 9.35. The van der Waals surface area contributed by atoms with Crippen molar-refractivity contribution in [2.24, 2.45) is 5.92 Å². The van der Waals surface area contributed by atoms with Gasteiger partial charge in [0.25, 0.3) is 0 Å². The molecule has 1 N–H and O–H groups in total. The van der Waals surface area contributed by atoms with Crippen LogP contribution in [0.15, 0.2) is 0 Å². The SMILES string of the molecule is Br.CCCCCCC1CCCC(N(C)C)C1O. The summed E-state index contributed by atoms with van der Waals surface area (Å²) in [6.07, 6.45) is 10.1. The minimum Gasteiger partial charge on any atom is -0.391 e. The molecule has 1 fully saturated rings. The van der Waals surface area contributed by atoms with E-state index in [1.807, 2.05) is 0 Å². The average molecular weight is 308 g/mol. The lowest BCUT2D eigenvalue weighted by Crippen LogP contribution is -2.45. The molecule has 0 radical (unpaired) electrons. The fourth-order valence-corrected chi connectivity index (χ4v) is 2.96. The summed E-state index contributed by atoms with van der Waals surface area (Å²) in [6.45, 7) is 2.25. The molecule has 1 rings (SSSR count). The van der Waals surface area contributed by atoms with Gasteiger partial charge in [0.05, 0.1) is 6.10 Å². The van der Waals surface area contributed by atoms with Gasteiger partial charge in [-0.15, -0.1) is 17.0 Å². The molecule has 0 aliphatic heterocycles. The highest BCUT2D eigenvalue weighted by atomic mass is 79.9. The van der Waals surface area contributed by atoms with E-state index < -0.39 is 0 Å². The van der Waals surface area contributed by atoms with E-state index in [1.54, 1.807) is 0 Å². The maximum Gasteiger partial charge on any atom is 0.0723 e. The number of rotatable bonds is 6. The molecule has 1 aliphatic carbocycles. The first-order chi connectivity index (χ1) is 7.66. The summed E-state index contributed by atoms with van der Waals surface area (Å²) in [7, 11) is 4.18. The van der Waals surface area contributed by atoms with Crippen LogP contribution >= 0.6 is 17.0 Å². The van der Waals surface area contributed by atoms with E-state index in [0.29, 0.717) is 12.0 Å². The molecule has 3 heteroatoms. The summed E-state index contributed by atoms with van der Waals surface area (Å²) in [5.74, 6) is 0.554. The van der Waals surface area contributed by atoms with Crippen LogP contribution in [-0.4, -0.2) is 36.2 Å². The van der Waals surface area contributed by atoms with Crippen molar-refractivity contribution in [1.29, 1.82) is 0 Å². The first-order valence-electron chi connectivity index (χ1n) is 7.01. The molecule has 0 spiro atoms. The molecule has 0 aromatic carbocycles. The second-order valence-electron chi connectivity index (χ2n) is 5.56. The highest BCUT2D eigenvalue weighted by Gasteiger charge is 2.32. The first kappa shape index (κ1) is 17.4. The smallest absolute Gasteiger partial charge is 0.0723 e. The number of unbranched alkanes of at least 4 members (excludes halogenated alkanes) is 3. The van der Waals surface area contributed by atoms with Crippen LogP contribution in [-0.2, 0) is 0 Å². The monoisotopic (exact) mass is 307 g/mol. The Morgan fingerprint density at radius 1 is 1.12 bits per heavy atom. The Morgan fingerprint density at radius 3 is 2.41 bits per heavy atom. The first-order valence-corrected chi connectivity index (χ1v) is 7.01. The minimum atomic E-state index is -0.0922. The van der Waals surface area contributed by atoms with Crippen LogP contribution in [0.3, 0.4) is 0 Å². The Labute approximate surface area is 118 Å². The van der Waals surface area contributed by atoms with Crippen LogP contribution in [0.2, 0.25) is 0 Å². The summed E-state index contributed by atoms with van der Waals surface area (Å²) >= 11 is 0. The van der Waals surface area contributed by atoms with E-state index >= 15 is 0 Å². The van der Waals surface area contributed by atoms with Gasteiger partial charge in [-0.3, -0.25) is 0 Å². The summed E-state index contributed by atoms with van der Waals surface area (Å²) in [6, 6.07) is 0.393. The van der Waals surface area contributed by atoms with Gasteiger partial charge in [0.2, 0.25) is 0 Å². The molecular weight excluding hydrogens is 278 g/mol. The van der Waals surface area contributed by atoms with E-state index in [9.17, 15) is 5.11 Å². The molecule has 17 heavy (non-hydrogen) atoms. The van der Waals surface area contributed by atoms with Crippen molar-refractivity contribution in [1.82, 2.24) is 4.90 Å². The fraction of sp³-hybridized carbons (Fsp3) is 1.00. The molecule has 0 aromatic rings. The van der Waals surface area contributed by atoms with Crippen molar-refractivity contribution in [2.75, 3.05) is 14.1 Å². The number of nitrogens with zero attached hydrogens (tertiary/aromatic N) is 1. The number of hydrogen-bond donors (Lipinski definition) is 1. The van der Waals surface area contributed by atoms with Crippen LogP contribution in [0, 0.1) is 5.92 Å². The average Bonchev–Trinajstić information content (AvgIpc) is 2.26. The van der Waals surface area contributed by atoms with Crippen molar-refractivity contribution in [3.63, 3.8) is 0 Å². The standard InChI is InChI=1S/C14H29NO.BrH/c1-4-5-6-7-9-12-10-8-11-13(14(12)16)15(2)3;/h12-14,16H,4-11H2,1-3H3;1H. The Balaban J connectivity index is 0.00000256. The van der Waals surface area contributed by atoms with Crippen molar-refractivity contribution in [2.45, 2.75) is 70.4 Å². The third-order valence-electron chi connectivity index (χ3n) is 4.04. The summed E-state index contributed by atoms with van der Waals surface area (Å²) in [5, 5.41) is 10.3. The van der Waals surface area contributed by atoms with Crippen molar-refractivity contribution >= 4 is 17.0 Å². The van der Waals surface area contributed by atoms with Gasteiger partial charge >= 0.3 is 0 Å². The Bertz CT molecular complexity index is 187. The maximum atomic E-state index is 10.3. The summed E-state index contributed by atoms with van der Waals surface area (Å²) in [4.78, 5) is 2.20. The Morgan fingerprint density at radius 2 is 1.82 bits per heavy atom. The fourth-order valence-electron chi connectivity index (χ4n) is 2.96. The van der Waals surface area contributed by atoms with E-state index in [1.165, 1.54) is 51.4 Å². The normalized spacial score (nSPS) is 29.1. The van der Waals surface area contributed by atoms with E-state index in [0.717, 1.165) is 0 Å². The van der Waals surface area contributed by atoms with Gasteiger partial charge in [0.1, 0.15) is 0 Å². The van der Waals surface area contributed by atoms with E-state index in [2.05, 4.69) is 25.9 Å². The van der Waals surface area contributed by atoms with Crippen LogP contribution < -0.4 is 0 Å². The topological polar surface area (TPSA) is 23.5 Å². The summed E-state index contributed by atoms with van der Waals surface area (Å²) in [5.41, 5.74) is 0. The van der Waals surface area contributed by atoms with E-state index in [-0.39, 0.29) is 23.1 Å². The van der Waals surface area contributed by atoms with Crippen LogP contribution in [0.5, 0.6) is 0 Å². The van der Waals surface area contributed by atoms with Gasteiger partial charge in [-0.2, -0.15) is 0 Å². The maximum absolute atomic E-state index is 10.3. The third-order valence-corrected chi connectivity index (χ3v) is 4.04. The van der Waals surface area contributed by atoms with Crippen molar-refractivity contribution in [3.05, 3.63) is 0 Å². The lowest BCUT2D eigenvalue weighted by Gasteiger charge is -2.38. The van der Waals surface area contributed by atoms with Crippen LogP contribution in [0.1, 0.15) is 58.3 Å². The quantitative estimate of drug-likeness (QED) is 0.758. The molecule has 3 atom stereocenters. The highest BCUT2D eigenvalue weighted by molar-refractivity contribution is 8.93. The zero-order valence-electron chi connectivity index (χ0n) is 11.7. The molecular formula is C14H30BrNO. The van der Waals surface area contributed by atoms with Gasteiger partial charge < -0.3 is 10.0 Å². The number of likely N-dealkylation sites (N-methyl/N-ethyl adjacent to an activating group) is 1. The molecule has 0 amide bonds. The lowest BCUT2D eigenvalue weighted by molar-refractivity contribution is -0.00443. The van der Waals surface area contributed by atoms with Gasteiger partial charge in [-0.05, 0) is 39.3 Å².